The number of benzene rings is 1. The highest BCUT2D eigenvalue weighted by Gasteiger charge is 2.33. The van der Waals surface area contributed by atoms with Gasteiger partial charge in [0.05, 0.1) is 0 Å². The molecule has 1 saturated carbocycles. The van der Waals surface area contributed by atoms with Crippen LogP contribution in [0.3, 0.4) is 0 Å². The molecule has 0 unspecified atom stereocenters. The first-order chi connectivity index (χ1) is 9.00. The molecule has 1 aliphatic rings. The summed E-state index contributed by atoms with van der Waals surface area (Å²) in [6, 6.07) is 5.88. The Balaban J connectivity index is 2.05. The molecule has 1 aliphatic carbocycles. The molecule has 0 saturated heterocycles. The topological polar surface area (TPSA) is 26.0 Å². The summed E-state index contributed by atoms with van der Waals surface area (Å²) < 4.78 is 26.1. The second-order valence-electron chi connectivity index (χ2n) is 5.36. The van der Waals surface area contributed by atoms with Crippen molar-refractivity contribution >= 4 is 11.8 Å². The van der Waals surface area contributed by atoms with Crippen LogP contribution in [0, 0.1) is 5.92 Å². The van der Waals surface area contributed by atoms with E-state index in [1.807, 2.05) is 24.3 Å². The lowest BCUT2D eigenvalue weighted by molar-refractivity contribution is -0.0410. The summed E-state index contributed by atoms with van der Waals surface area (Å²) in [5.41, 5.74) is 8.89. The van der Waals surface area contributed by atoms with Crippen LogP contribution in [0.4, 0.5) is 14.5 Å². The van der Waals surface area contributed by atoms with E-state index in [0.29, 0.717) is 12.8 Å². The van der Waals surface area contributed by atoms with E-state index in [9.17, 15) is 8.78 Å². The molecule has 0 radical (unpaired) electrons. The fourth-order valence-electron chi connectivity index (χ4n) is 2.59. The Labute approximate surface area is 113 Å². The van der Waals surface area contributed by atoms with Crippen LogP contribution in [0.2, 0.25) is 0 Å². The van der Waals surface area contributed by atoms with Gasteiger partial charge in [0.15, 0.2) is 0 Å². The molecule has 0 amide bonds. The van der Waals surface area contributed by atoms with Crippen molar-refractivity contribution in [3.8, 4) is 0 Å². The zero-order valence-electron chi connectivity index (χ0n) is 11.3. The quantitative estimate of drug-likeness (QED) is 0.790. The standard InChI is InChI=1S/C16H21F2N/c1-2-13-5-6-15(19)11-14(13)4-3-12-7-9-16(17,18)10-8-12/h3-6,11-12H,2,7-10,19H2,1H3/b4-3+. The first-order valence-electron chi connectivity index (χ1n) is 6.94. The maximum Gasteiger partial charge on any atom is 0.248 e. The molecule has 104 valence electrons. The number of anilines is 1. The van der Waals surface area contributed by atoms with E-state index in [0.717, 1.165) is 17.7 Å². The molecule has 3 heteroatoms. The number of rotatable bonds is 3. The van der Waals surface area contributed by atoms with Gasteiger partial charge in [0.2, 0.25) is 5.92 Å². The Morgan fingerprint density at radius 1 is 1.32 bits per heavy atom. The van der Waals surface area contributed by atoms with Gasteiger partial charge in [-0.3, -0.25) is 0 Å². The molecule has 1 aromatic rings. The van der Waals surface area contributed by atoms with Gasteiger partial charge in [-0.2, -0.15) is 0 Å². The second kappa shape index (κ2) is 5.72. The monoisotopic (exact) mass is 265 g/mol. The minimum absolute atomic E-state index is 0.0135. The lowest BCUT2D eigenvalue weighted by atomic mass is 9.86. The van der Waals surface area contributed by atoms with Gasteiger partial charge in [0, 0.05) is 18.5 Å². The summed E-state index contributed by atoms with van der Waals surface area (Å²) in [7, 11) is 0. The average Bonchev–Trinajstić information content (AvgIpc) is 2.38. The highest BCUT2D eigenvalue weighted by atomic mass is 19.3. The van der Waals surface area contributed by atoms with Crippen LogP contribution in [-0.4, -0.2) is 5.92 Å². The van der Waals surface area contributed by atoms with Gasteiger partial charge in [-0.15, -0.1) is 0 Å². The zero-order chi connectivity index (χ0) is 13.9. The van der Waals surface area contributed by atoms with Gasteiger partial charge < -0.3 is 5.73 Å². The summed E-state index contributed by atoms with van der Waals surface area (Å²) in [6.07, 6.45) is 6.24. The number of nitrogen functional groups attached to an aromatic ring is 1. The fourth-order valence-corrected chi connectivity index (χ4v) is 2.59. The van der Waals surface area contributed by atoms with Crippen LogP contribution < -0.4 is 5.73 Å². The largest absolute Gasteiger partial charge is 0.399 e. The van der Waals surface area contributed by atoms with Crippen LogP contribution in [0.5, 0.6) is 0 Å². The zero-order valence-corrected chi connectivity index (χ0v) is 11.3. The molecule has 19 heavy (non-hydrogen) atoms. The first kappa shape index (κ1) is 14.0. The molecule has 0 bridgehead atoms. The third-order valence-corrected chi connectivity index (χ3v) is 3.86. The fraction of sp³-hybridized carbons (Fsp3) is 0.500. The Bertz CT molecular complexity index is 456. The Morgan fingerprint density at radius 3 is 2.63 bits per heavy atom. The number of alkyl halides is 2. The van der Waals surface area contributed by atoms with Crippen molar-refractivity contribution in [2.24, 2.45) is 5.92 Å². The molecule has 2 N–H and O–H groups in total. The number of halogens is 2. The average molecular weight is 265 g/mol. The molecule has 0 aliphatic heterocycles. The van der Waals surface area contributed by atoms with Gasteiger partial charge in [-0.25, -0.2) is 8.78 Å². The van der Waals surface area contributed by atoms with Crippen LogP contribution in [-0.2, 0) is 6.42 Å². The summed E-state index contributed by atoms with van der Waals surface area (Å²) >= 11 is 0. The summed E-state index contributed by atoms with van der Waals surface area (Å²) in [6.45, 7) is 2.10. The van der Waals surface area contributed by atoms with Gasteiger partial charge in [-0.05, 0) is 48.4 Å². The first-order valence-corrected chi connectivity index (χ1v) is 6.94. The highest BCUT2D eigenvalue weighted by molar-refractivity contribution is 5.59. The molecule has 0 aromatic heterocycles. The van der Waals surface area contributed by atoms with Crippen molar-refractivity contribution in [3.63, 3.8) is 0 Å². The number of hydrogen-bond acceptors (Lipinski definition) is 1. The van der Waals surface area contributed by atoms with E-state index in [4.69, 9.17) is 5.73 Å². The number of hydrogen-bond donors (Lipinski definition) is 1. The van der Waals surface area contributed by atoms with E-state index < -0.39 is 5.92 Å². The Hall–Kier alpha value is -1.38. The number of nitrogens with two attached hydrogens (primary N) is 1. The smallest absolute Gasteiger partial charge is 0.248 e. The molecule has 1 nitrogen and oxygen atoms in total. The molecular formula is C16H21F2N. The molecule has 1 fully saturated rings. The SMILES string of the molecule is CCc1ccc(N)cc1/C=C/C1CCC(F)(F)CC1. The summed E-state index contributed by atoms with van der Waals surface area (Å²) in [5, 5.41) is 0. The van der Waals surface area contributed by atoms with Gasteiger partial charge in [0.25, 0.3) is 0 Å². The minimum atomic E-state index is -2.45. The van der Waals surface area contributed by atoms with Gasteiger partial charge in [0.1, 0.15) is 0 Å². The van der Waals surface area contributed by atoms with Gasteiger partial charge in [-0.1, -0.05) is 25.1 Å². The molecule has 0 heterocycles. The normalized spacial score (nSPS) is 19.9. The maximum atomic E-state index is 13.1. The second-order valence-corrected chi connectivity index (χ2v) is 5.36. The highest BCUT2D eigenvalue weighted by Crippen LogP contribution is 2.36. The third-order valence-electron chi connectivity index (χ3n) is 3.86. The van der Waals surface area contributed by atoms with E-state index >= 15 is 0 Å². The molecule has 0 atom stereocenters. The minimum Gasteiger partial charge on any atom is -0.399 e. The van der Waals surface area contributed by atoms with E-state index in [-0.39, 0.29) is 18.8 Å². The van der Waals surface area contributed by atoms with E-state index in [2.05, 4.69) is 13.0 Å². The van der Waals surface area contributed by atoms with Crippen molar-refractivity contribution in [3.05, 3.63) is 35.4 Å². The van der Waals surface area contributed by atoms with Crippen molar-refractivity contribution < 1.29 is 8.78 Å². The van der Waals surface area contributed by atoms with Crippen molar-refractivity contribution in [1.29, 1.82) is 0 Å². The Morgan fingerprint density at radius 2 is 2.00 bits per heavy atom. The van der Waals surface area contributed by atoms with Crippen LogP contribution in [0.15, 0.2) is 24.3 Å². The molecule has 0 spiro atoms. The van der Waals surface area contributed by atoms with Crippen molar-refractivity contribution in [2.45, 2.75) is 45.0 Å². The summed E-state index contributed by atoms with van der Waals surface area (Å²) in [4.78, 5) is 0. The maximum absolute atomic E-state index is 13.1. The molecular weight excluding hydrogens is 244 g/mol. The summed E-state index contributed by atoms with van der Waals surface area (Å²) in [5.74, 6) is -2.18. The predicted molar refractivity (Wildman–Crippen MR) is 76.2 cm³/mol. The van der Waals surface area contributed by atoms with Crippen LogP contribution in [0.25, 0.3) is 6.08 Å². The number of allylic oxidation sites excluding steroid dienone is 1. The van der Waals surface area contributed by atoms with Crippen LogP contribution in [0.1, 0.15) is 43.7 Å². The third kappa shape index (κ3) is 3.79. The lowest BCUT2D eigenvalue weighted by Gasteiger charge is -2.26. The van der Waals surface area contributed by atoms with E-state index in [1.54, 1.807) is 0 Å². The molecule has 1 aromatic carbocycles. The van der Waals surface area contributed by atoms with Crippen molar-refractivity contribution in [1.82, 2.24) is 0 Å². The van der Waals surface area contributed by atoms with E-state index in [1.165, 1.54) is 5.56 Å². The molecule has 2 rings (SSSR count). The predicted octanol–water partition coefficient (Wildman–Crippen LogP) is 4.67. The van der Waals surface area contributed by atoms with Gasteiger partial charge >= 0.3 is 0 Å². The van der Waals surface area contributed by atoms with Crippen molar-refractivity contribution in [2.75, 3.05) is 5.73 Å². The number of aryl methyl sites for hydroxylation is 1. The Kier molecular flexibility index (Phi) is 4.23. The van der Waals surface area contributed by atoms with Crippen LogP contribution >= 0.6 is 0 Å². The lowest BCUT2D eigenvalue weighted by Crippen LogP contribution is -2.23.